The molecule has 0 aliphatic rings. The van der Waals surface area contributed by atoms with Crippen LogP contribution in [0, 0.1) is 13.8 Å². The third-order valence-corrected chi connectivity index (χ3v) is 7.07. The molecule has 0 saturated carbocycles. The number of hydrogen-bond acceptors (Lipinski definition) is 4. The van der Waals surface area contributed by atoms with Crippen LogP contribution < -0.4 is 10.1 Å². The molecule has 0 saturated heterocycles. The lowest BCUT2D eigenvalue weighted by Crippen LogP contribution is -2.25. The third-order valence-electron chi connectivity index (χ3n) is 5.90. The van der Waals surface area contributed by atoms with Gasteiger partial charge < -0.3 is 15.2 Å². The molecule has 1 amide bonds. The Morgan fingerprint density at radius 2 is 1.70 bits per heavy atom. The number of aliphatic carboxylic acids is 1. The highest BCUT2D eigenvalue weighted by Crippen LogP contribution is 2.37. The molecule has 0 bridgehead atoms. The summed E-state index contributed by atoms with van der Waals surface area (Å²) in [7, 11) is 0. The monoisotopic (exact) mass is 533 g/mol. The summed E-state index contributed by atoms with van der Waals surface area (Å²) in [5.74, 6) is -0.651. The second-order valence-electron chi connectivity index (χ2n) is 8.86. The van der Waals surface area contributed by atoms with Gasteiger partial charge in [0.15, 0.2) is 0 Å². The minimum Gasteiger partial charge on any atom is -0.485 e. The first-order valence-corrected chi connectivity index (χ1v) is 12.9. The number of carboxylic acid groups (broad SMARTS) is 1. The Morgan fingerprint density at radius 3 is 2.27 bits per heavy atom. The van der Waals surface area contributed by atoms with Crippen molar-refractivity contribution in [2.24, 2.45) is 0 Å². The molecule has 37 heavy (non-hydrogen) atoms. The van der Waals surface area contributed by atoms with Gasteiger partial charge in [-0.25, -0.2) is 0 Å². The number of amides is 1. The summed E-state index contributed by atoms with van der Waals surface area (Å²) in [5, 5.41) is 11.4. The number of benzene rings is 2. The largest absolute Gasteiger partial charge is 0.485 e. The molecule has 0 fully saturated rings. The van der Waals surface area contributed by atoms with Crippen molar-refractivity contribution in [2.45, 2.75) is 58.7 Å². The van der Waals surface area contributed by atoms with Crippen molar-refractivity contribution in [3.63, 3.8) is 0 Å². The van der Waals surface area contributed by atoms with Gasteiger partial charge in [-0.1, -0.05) is 25.5 Å². The number of thiophene rings is 1. The van der Waals surface area contributed by atoms with Crippen LogP contribution in [0.4, 0.5) is 13.2 Å². The number of aryl methyl sites for hydroxylation is 2. The van der Waals surface area contributed by atoms with Crippen molar-refractivity contribution in [3.05, 3.63) is 75.0 Å². The topological polar surface area (TPSA) is 75.6 Å². The number of hydrogen-bond donors (Lipinski definition) is 2. The van der Waals surface area contributed by atoms with Crippen molar-refractivity contribution in [1.29, 1.82) is 0 Å². The predicted molar refractivity (Wildman–Crippen MR) is 138 cm³/mol. The molecule has 2 aromatic carbocycles. The number of unbranched alkanes of at least 4 members (excludes halogenated alkanes) is 1. The second kappa shape index (κ2) is 12.3. The number of ether oxygens (including phenoxy) is 1. The van der Waals surface area contributed by atoms with Gasteiger partial charge in [-0.3, -0.25) is 9.59 Å². The van der Waals surface area contributed by atoms with E-state index in [9.17, 15) is 22.8 Å². The molecule has 3 aromatic rings. The zero-order valence-electron chi connectivity index (χ0n) is 20.9. The SMILES string of the molecule is CCCC[C@@H](Oc1cc(C)c(-c2ccc(C(F)(F)F)cc2)c(C)c1)c1ccc(C(=O)NCCC(=O)O)s1. The highest BCUT2D eigenvalue weighted by molar-refractivity contribution is 7.14. The third kappa shape index (κ3) is 7.58. The van der Waals surface area contributed by atoms with E-state index < -0.39 is 17.7 Å². The second-order valence-corrected chi connectivity index (χ2v) is 9.97. The zero-order chi connectivity index (χ0) is 27.2. The maximum atomic E-state index is 13.0. The molecule has 9 heteroatoms. The van der Waals surface area contributed by atoms with Crippen molar-refractivity contribution in [1.82, 2.24) is 5.32 Å². The Hall–Kier alpha value is -3.33. The number of carbonyl (C=O) groups is 2. The number of halogens is 3. The zero-order valence-corrected chi connectivity index (χ0v) is 21.8. The van der Waals surface area contributed by atoms with Crippen LogP contribution in [-0.4, -0.2) is 23.5 Å². The van der Waals surface area contributed by atoms with Gasteiger partial charge in [0, 0.05) is 11.4 Å². The Bertz CT molecular complexity index is 1210. The molecule has 0 radical (unpaired) electrons. The molecule has 5 nitrogen and oxygen atoms in total. The Balaban J connectivity index is 1.80. The van der Waals surface area contributed by atoms with Gasteiger partial charge in [-0.05, 0) is 85.3 Å². The van der Waals surface area contributed by atoms with Crippen LogP contribution in [0.2, 0.25) is 0 Å². The fourth-order valence-electron chi connectivity index (χ4n) is 4.10. The molecule has 0 spiro atoms. The number of nitrogens with one attached hydrogen (secondary N) is 1. The quantitative estimate of drug-likeness (QED) is 0.267. The normalized spacial score (nSPS) is 12.3. The highest BCUT2D eigenvalue weighted by Gasteiger charge is 2.30. The molecule has 0 aliphatic carbocycles. The van der Waals surface area contributed by atoms with E-state index in [-0.39, 0.29) is 25.0 Å². The number of alkyl halides is 3. The van der Waals surface area contributed by atoms with Gasteiger partial charge in [0.25, 0.3) is 5.91 Å². The summed E-state index contributed by atoms with van der Waals surface area (Å²) >= 11 is 1.31. The van der Waals surface area contributed by atoms with Crippen LogP contribution in [-0.2, 0) is 11.0 Å². The summed E-state index contributed by atoms with van der Waals surface area (Å²) in [6, 6.07) is 12.5. The number of carbonyl (C=O) groups excluding carboxylic acids is 1. The maximum absolute atomic E-state index is 13.0. The molecule has 2 N–H and O–H groups in total. The molecular formula is C28H30F3NO4S. The first kappa shape index (κ1) is 28.2. The van der Waals surface area contributed by atoms with Gasteiger partial charge in [0.1, 0.15) is 11.9 Å². The molecule has 1 heterocycles. The lowest BCUT2D eigenvalue weighted by Gasteiger charge is -2.20. The van der Waals surface area contributed by atoms with Crippen LogP contribution in [0.1, 0.15) is 70.0 Å². The molecule has 0 unspecified atom stereocenters. The van der Waals surface area contributed by atoms with Gasteiger partial charge in [0.2, 0.25) is 0 Å². The van der Waals surface area contributed by atoms with E-state index in [1.165, 1.54) is 23.5 Å². The average molecular weight is 534 g/mol. The van der Waals surface area contributed by atoms with Crippen LogP contribution in [0.15, 0.2) is 48.5 Å². The van der Waals surface area contributed by atoms with Crippen molar-refractivity contribution < 1.29 is 32.6 Å². The summed E-state index contributed by atoms with van der Waals surface area (Å²) in [5.41, 5.74) is 2.65. The smallest absolute Gasteiger partial charge is 0.416 e. The van der Waals surface area contributed by atoms with E-state index in [0.717, 1.165) is 53.0 Å². The summed E-state index contributed by atoms with van der Waals surface area (Å²) in [4.78, 5) is 24.4. The Morgan fingerprint density at radius 1 is 1.05 bits per heavy atom. The van der Waals surface area contributed by atoms with Crippen LogP contribution in [0.25, 0.3) is 11.1 Å². The fourth-order valence-corrected chi connectivity index (χ4v) is 5.09. The maximum Gasteiger partial charge on any atom is 0.416 e. The van der Waals surface area contributed by atoms with Gasteiger partial charge in [-0.15, -0.1) is 11.3 Å². The van der Waals surface area contributed by atoms with E-state index in [2.05, 4.69) is 12.2 Å². The summed E-state index contributed by atoms with van der Waals surface area (Å²) < 4.78 is 45.2. The van der Waals surface area contributed by atoms with E-state index in [4.69, 9.17) is 9.84 Å². The number of carboxylic acids is 1. The van der Waals surface area contributed by atoms with E-state index >= 15 is 0 Å². The van der Waals surface area contributed by atoms with Crippen molar-refractivity contribution >= 4 is 23.2 Å². The highest BCUT2D eigenvalue weighted by atomic mass is 32.1. The summed E-state index contributed by atoms with van der Waals surface area (Å²) in [6.45, 7) is 5.94. The minimum absolute atomic E-state index is 0.0565. The average Bonchev–Trinajstić information content (AvgIpc) is 3.31. The first-order valence-electron chi connectivity index (χ1n) is 12.0. The molecule has 3 rings (SSSR count). The molecule has 198 valence electrons. The molecule has 1 aromatic heterocycles. The van der Waals surface area contributed by atoms with Crippen molar-refractivity contribution in [3.8, 4) is 16.9 Å². The Labute approximate surface area is 218 Å². The van der Waals surface area contributed by atoms with E-state index in [1.54, 1.807) is 6.07 Å². The Kier molecular flexibility index (Phi) is 9.37. The van der Waals surface area contributed by atoms with Crippen molar-refractivity contribution in [2.75, 3.05) is 6.54 Å². The fraction of sp³-hybridized carbons (Fsp3) is 0.357. The minimum atomic E-state index is -4.38. The number of rotatable bonds is 11. The standard InChI is InChI=1S/C28H30F3NO4S/c1-4-5-6-22(23-11-12-24(37-23)27(35)32-14-13-25(33)34)36-21-15-17(2)26(18(3)16-21)19-7-9-20(10-8-19)28(29,30)31/h7-12,15-16,22H,4-6,13-14H2,1-3H3,(H,32,35)(H,33,34)/t22-/m1/s1. The van der Waals surface area contributed by atoms with Crippen LogP contribution >= 0.6 is 11.3 Å². The van der Waals surface area contributed by atoms with E-state index in [1.807, 2.05) is 32.0 Å². The molecule has 1 atom stereocenters. The van der Waals surface area contributed by atoms with Gasteiger partial charge in [-0.2, -0.15) is 13.2 Å². The molecule has 0 aliphatic heterocycles. The van der Waals surface area contributed by atoms with Gasteiger partial charge >= 0.3 is 12.1 Å². The van der Waals surface area contributed by atoms with Crippen LogP contribution in [0.3, 0.4) is 0 Å². The van der Waals surface area contributed by atoms with Gasteiger partial charge in [0.05, 0.1) is 16.9 Å². The lowest BCUT2D eigenvalue weighted by molar-refractivity contribution is -0.138. The molecular weight excluding hydrogens is 503 g/mol. The van der Waals surface area contributed by atoms with E-state index in [0.29, 0.717) is 16.2 Å². The van der Waals surface area contributed by atoms with Crippen LogP contribution in [0.5, 0.6) is 5.75 Å². The first-order chi connectivity index (χ1) is 17.5. The summed E-state index contributed by atoms with van der Waals surface area (Å²) in [6.07, 6.45) is -2.16. The predicted octanol–water partition coefficient (Wildman–Crippen LogP) is 7.57. The lowest BCUT2D eigenvalue weighted by atomic mass is 9.94.